The first-order valence-corrected chi connectivity index (χ1v) is 11.2. The summed E-state index contributed by atoms with van der Waals surface area (Å²) in [5, 5.41) is 12.5. The number of amides is 3. The molecule has 0 spiro atoms. The Hall–Kier alpha value is -2.88. The summed E-state index contributed by atoms with van der Waals surface area (Å²) in [5.74, 6) is 1.02. The maximum atomic E-state index is 13.0. The second-order valence-corrected chi connectivity index (χ2v) is 8.27. The molecule has 3 heterocycles. The van der Waals surface area contributed by atoms with E-state index < -0.39 is 0 Å². The quantitative estimate of drug-likeness (QED) is 0.319. The van der Waals surface area contributed by atoms with Crippen LogP contribution in [0.15, 0.2) is 34.2 Å². The Morgan fingerprint density at radius 1 is 1.07 bits per heavy atom. The molecule has 0 bridgehead atoms. The molecule has 4 rings (SSSR count). The zero-order valence-corrected chi connectivity index (χ0v) is 17.7. The van der Waals surface area contributed by atoms with Crippen LogP contribution in [0.25, 0.3) is 16.7 Å². The Bertz CT molecular complexity index is 1140. The normalized spacial score (nSPS) is 14.2. The van der Waals surface area contributed by atoms with E-state index in [4.69, 9.17) is 0 Å². The van der Waals surface area contributed by atoms with Gasteiger partial charge < -0.3 is 5.32 Å². The van der Waals surface area contributed by atoms with Crippen molar-refractivity contribution >= 4 is 40.4 Å². The lowest BCUT2D eigenvalue weighted by molar-refractivity contribution is -0.124. The molecule has 0 atom stereocenters. The molecule has 3 aromatic rings. The van der Waals surface area contributed by atoms with Crippen LogP contribution in [0.5, 0.6) is 0 Å². The van der Waals surface area contributed by atoms with Crippen LogP contribution in [-0.4, -0.2) is 54.8 Å². The number of hydrogen-bond donors (Lipinski definition) is 1. The molecule has 1 N–H and O–H groups in total. The summed E-state index contributed by atoms with van der Waals surface area (Å²) < 4.78 is 3.64. The van der Waals surface area contributed by atoms with E-state index in [2.05, 4.69) is 22.4 Å². The van der Waals surface area contributed by atoms with Crippen LogP contribution in [0.3, 0.4) is 0 Å². The highest BCUT2D eigenvalue weighted by Crippen LogP contribution is 2.22. The molecule has 1 aromatic carbocycles. The number of aryl methyl sites for hydroxylation is 1. The zero-order chi connectivity index (χ0) is 21.1. The number of benzene rings is 1. The molecule has 1 fully saturated rings. The van der Waals surface area contributed by atoms with Crippen molar-refractivity contribution in [3.05, 3.63) is 34.6 Å². The molecule has 0 unspecified atom stereocenters. The van der Waals surface area contributed by atoms with Crippen molar-refractivity contribution in [3.63, 3.8) is 0 Å². The fourth-order valence-corrected chi connectivity index (χ4v) is 4.48. The molecule has 1 aliphatic heterocycles. The molecule has 1 saturated heterocycles. The standard InChI is InChI=1S/C20H24N6O3S/c1-2-3-6-10-25-17(28)14-8-4-5-9-15(14)26-18(25)22-23-20(26)30-12-7-11-24-16(27)13-21-19(24)29/h4-5,8-9H,2-3,6-7,10-13H2,1H3,(H,21,29). The van der Waals surface area contributed by atoms with Gasteiger partial charge in [0.15, 0.2) is 5.16 Å². The zero-order valence-electron chi connectivity index (χ0n) is 16.8. The third-order valence-corrected chi connectivity index (χ3v) is 6.17. The van der Waals surface area contributed by atoms with Gasteiger partial charge in [-0.15, -0.1) is 10.2 Å². The molecule has 1 aliphatic rings. The first-order chi connectivity index (χ1) is 14.6. The highest BCUT2D eigenvalue weighted by molar-refractivity contribution is 7.99. The summed E-state index contributed by atoms with van der Waals surface area (Å²) in [7, 11) is 0. The van der Waals surface area contributed by atoms with E-state index in [9.17, 15) is 14.4 Å². The number of urea groups is 1. The maximum absolute atomic E-state index is 13.0. The predicted molar refractivity (Wildman–Crippen MR) is 115 cm³/mol. The van der Waals surface area contributed by atoms with Gasteiger partial charge in [0, 0.05) is 18.8 Å². The Morgan fingerprint density at radius 3 is 2.67 bits per heavy atom. The number of rotatable bonds is 9. The van der Waals surface area contributed by atoms with Gasteiger partial charge in [0.2, 0.25) is 11.7 Å². The molecule has 2 aromatic heterocycles. The van der Waals surface area contributed by atoms with Crippen LogP contribution in [-0.2, 0) is 11.3 Å². The molecular formula is C20H24N6O3S. The van der Waals surface area contributed by atoms with Crippen LogP contribution in [0.2, 0.25) is 0 Å². The van der Waals surface area contributed by atoms with E-state index >= 15 is 0 Å². The van der Waals surface area contributed by atoms with Crippen molar-refractivity contribution in [1.29, 1.82) is 0 Å². The van der Waals surface area contributed by atoms with Crippen molar-refractivity contribution < 1.29 is 9.59 Å². The lowest BCUT2D eigenvalue weighted by atomic mass is 10.2. The number of imide groups is 1. The van der Waals surface area contributed by atoms with E-state index in [-0.39, 0.29) is 24.0 Å². The minimum atomic E-state index is -0.333. The van der Waals surface area contributed by atoms with E-state index in [0.29, 0.717) is 41.6 Å². The first kappa shape index (κ1) is 20.4. The Labute approximate surface area is 177 Å². The number of carbonyl (C=O) groups is 2. The largest absolute Gasteiger partial charge is 0.329 e. The van der Waals surface area contributed by atoms with Gasteiger partial charge in [-0.25, -0.2) is 4.79 Å². The van der Waals surface area contributed by atoms with E-state index in [0.717, 1.165) is 24.8 Å². The highest BCUT2D eigenvalue weighted by atomic mass is 32.2. The molecule has 30 heavy (non-hydrogen) atoms. The van der Waals surface area contributed by atoms with E-state index in [1.807, 2.05) is 28.7 Å². The summed E-state index contributed by atoms with van der Waals surface area (Å²) in [6.45, 7) is 3.18. The number of aromatic nitrogens is 4. The lowest BCUT2D eigenvalue weighted by Gasteiger charge is -2.12. The number of hydrogen-bond acceptors (Lipinski definition) is 6. The molecule has 158 valence electrons. The van der Waals surface area contributed by atoms with Gasteiger partial charge in [0.1, 0.15) is 0 Å². The first-order valence-electron chi connectivity index (χ1n) is 10.2. The average molecular weight is 429 g/mol. The molecule has 0 saturated carbocycles. The monoisotopic (exact) mass is 428 g/mol. The number of carbonyl (C=O) groups excluding carboxylic acids is 2. The van der Waals surface area contributed by atoms with Gasteiger partial charge in [-0.2, -0.15) is 0 Å². The van der Waals surface area contributed by atoms with Crippen molar-refractivity contribution in [3.8, 4) is 0 Å². The van der Waals surface area contributed by atoms with Gasteiger partial charge in [-0.05, 0) is 25.0 Å². The predicted octanol–water partition coefficient (Wildman–Crippen LogP) is 2.27. The molecule has 3 amide bonds. The number of fused-ring (bicyclic) bond motifs is 3. The SMILES string of the molecule is CCCCCn1c(=O)c2ccccc2n2c(SCCCN3C(=O)CNC3=O)nnc12. The number of thioether (sulfide) groups is 1. The summed E-state index contributed by atoms with van der Waals surface area (Å²) in [6.07, 6.45) is 3.67. The van der Waals surface area contributed by atoms with Gasteiger partial charge in [-0.1, -0.05) is 43.7 Å². The van der Waals surface area contributed by atoms with Gasteiger partial charge in [0.05, 0.1) is 17.4 Å². The van der Waals surface area contributed by atoms with E-state index in [1.54, 1.807) is 4.57 Å². The summed E-state index contributed by atoms with van der Waals surface area (Å²) in [4.78, 5) is 37.6. The minimum Gasteiger partial charge on any atom is -0.329 e. The molecular weight excluding hydrogens is 404 g/mol. The van der Waals surface area contributed by atoms with Gasteiger partial charge in [-0.3, -0.25) is 23.5 Å². The van der Waals surface area contributed by atoms with Crippen molar-refractivity contribution in [2.45, 2.75) is 44.3 Å². The second-order valence-electron chi connectivity index (χ2n) is 7.21. The van der Waals surface area contributed by atoms with Gasteiger partial charge in [0.25, 0.3) is 5.56 Å². The van der Waals surface area contributed by atoms with Crippen LogP contribution >= 0.6 is 11.8 Å². The van der Waals surface area contributed by atoms with Crippen molar-refractivity contribution in [1.82, 2.24) is 29.4 Å². The van der Waals surface area contributed by atoms with Crippen molar-refractivity contribution in [2.24, 2.45) is 0 Å². The molecule has 0 radical (unpaired) electrons. The fourth-order valence-electron chi connectivity index (χ4n) is 3.62. The molecule has 9 nitrogen and oxygen atoms in total. The fraction of sp³-hybridized carbons (Fsp3) is 0.450. The Balaban J connectivity index is 1.59. The summed E-state index contributed by atoms with van der Waals surface area (Å²) >= 11 is 1.50. The third-order valence-electron chi connectivity index (χ3n) is 5.16. The highest BCUT2D eigenvalue weighted by Gasteiger charge is 2.27. The van der Waals surface area contributed by atoms with Gasteiger partial charge >= 0.3 is 6.03 Å². The molecule has 0 aliphatic carbocycles. The van der Waals surface area contributed by atoms with Crippen LogP contribution in [0, 0.1) is 0 Å². The Morgan fingerprint density at radius 2 is 1.90 bits per heavy atom. The van der Waals surface area contributed by atoms with E-state index in [1.165, 1.54) is 16.7 Å². The Kier molecular flexibility index (Phi) is 6.03. The minimum absolute atomic E-state index is 0.0447. The number of nitrogens with one attached hydrogen (secondary N) is 1. The average Bonchev–Trinajstić information content (AvgIpc) is 3.31. The number of nitrogens with zero attached hydrogens (tertiary/aromatic N) is 5. The molecule has 10 heteroatoms. The third kappa shape index (κ3) is 3.79. The van der Waals surface area contributed by atoms with Crippen LogP contribution in [0.1, 0.15) is 32.6 Å². The number of para-hydroxylation sites is 1. The summed E-state index contributed by atoms with van der Waals surface area (Å²) in [5.41, 5.74) is 0.738. The topological polar surface area (TPSA) is 102 Å². The maximum Gasteiger partial charge on any atom is 0.324 e. The van der Waals surface area contributed by atoms with Crippen LogP contribution < -0.4 is 10.9 Å². The van der Waals surface area contributed by atoms with Crippen molar-refractivity contribution in [2.75, 3.05) is 18.8 Å². The van der Waals surface area contributed by atoms with Crippen LogP contribution in [0.4, 0.5) is 4.79 Å². The number of unbranched alkanes of at least 4 members (excludes halogenated alkanes) is 2. The second kappa shape index (κ2) is 8.86. The lowest BCUT2D eigenvalue weighted by Crippen LogP contribution is -2.32. The summed E-state index contributed by atoms with van der Waals surface area (Å²) in [6, 6.07) is 7.16. The smallest absolute Gasteiger partial charge is 0.324 e.